The van der Waals surface area contributed by atoms with Crippen molar-refractivity contribution in [1.82, 2.24) is 5.32 Å². The van der Waals surface area contributed by atoms with Crippen LogP contribution in [0, 0.1) is 5.41 Å². The van der Waals surface area contributed by atoms with Crippen LogP contribution in [0.15, 0.2) is 30.3 Å². The lowest BCUT2D eigenvalue weighted by Gasteiger charge is -2.43. The van der Waals surface area contributed by atoms with Crippen LogP contribution >= 0.6 is 19.7 Å². The molecule has 0 saturated carbocycles. The molecule has 134 valence electrons. The summed E-state index contributed by atoms with van der Waals surface area (Å²) in [4.78, 5) is 13.2. The van der Waals surface area contributed by atoms with Crippen molar-refractivity contribution in [3.05, 3.63) is 35.9 Å². The number of rotatable bonds is 4. The average Bonchev–Trinajstić information content (AvgIpc) is 2.85. The second-order valence-corrected chi connectivity index (χ2v) is 12.0. The summed E-state index contributed by atoms with van der Waals surface area (Å²) in [6.45, 7) is 9.37. The summed E-state index contributed by atoms with van der Waals surface area (Å²) in [5, 5.41) is 3.80. The van der Waals surface area contributed by atoms with E-state index in [2.05, 4.69) is 57.3 Å². The number of hydrogen-bond acceptors (Lipinski definition) is 5. The highest BCUT2D eigenvalue weighted by molar-refractivity contribution is 8.02. The van der Waals surface area contributed by atoms with Crippen molar-refractivity contribution in [2.75, 3.05) is 13.2 Å². The number of aryl methyl sites for hydroxylation is 1. The van der Waals surface area contributed by atoms with Crippen molar-refractivity contribution in [1.29, 1.82) is 0 Å². The highest BCUT2D eigenvalue weighted by Gasteiger charge is 2.58. The zero-order chi connectivity index (χ0) is 17.4. The van der Waals surface area contributed by atoms with Gasteiger partial charge in [-0.25, -0.2) is 9.05 Å². The summed E-state index contributed by atoms with van der Waals surface area (Å²) in [5.74, 6) is -0.258. The van der Waals surface area contributed by atoms with Crippen LogP contribution in [0.5, 0.6) is 0 Å². The van der Waals surface area contributed by atoms with E-state index in [0.717, 1.165) is 12.8 Å². The quantitative estimate of drug-likeness (QED) is 0.822. The molecular formula is C18H28NO3PS. The molecule has 2 atom stereocenters. The summed E-state index contributed by atoms with van der Waals surface area (Å²) >= 11 is 1.84. The Hall–Kier alpha value is -0.160. The number of benzene rings is 1. The fourth-order valence-corrected chi connectivity index (χ4v) is 7.75. The van der Waals surface area contributed by atoms with Crippen molar-refractivity contribution in [2.24, 2.45) is 5.41 Å². The molecule has 2 fully saturated rings. The topological polar surface area (TPSA) is 53.5 Å². The van der Waals surface area contributed by atoms with E-state index < -0.39 is 7.94 Å². The highest BCUT2D eigenvalue weighted by atomic mass is 32.2. The molecule has 2 heterocycles. The Morgan fingerprint density at radius 2 is 1.79 bits per heavy atom. The van der Waals surface area contributed by atoms with E-state index in [0.29, 0.717) is 13.2 Å². The minimum Gasteiger partial charge on any atom is -0.630 e. The molecule has 0 spiro atoms. The Morgan fingerprint density at radius 3 is 2.42 bits per heavy atom. The first-order chi connectivity index (χ1) is 11.2. The fraction of sp³-hybridized carbons (Fsp3) is 0.667. The first-order valence-electron chi connectivity index (χ1n) is 8.57. The lowest BCUT2D eigenvalue weighted by molar-refractivity contribution is -0.237. The predicted octanol–water partition coefficient (Wildman–Crippen LogP) is 3.58. The van der Waals surface area contributed by atoms with E-state index >= 15 is 0 Å². The van der Waals surface area contributed by atoms with Gasteiger partial charge in [-0.1, -0.05) is 44.2 Å². The van der Waals surface area contributed by atoms with Gasteiger partial charge in [0.15, 0.2) is 5.78 Å². The third-order valence-corrected chi connectivity index (χ3v) is 8.65. The van der Waals surface area contributed by atoms with Crippen LogP contribution in [0.2, 0.25) is 0 Å². The van der Waals surface area contributed by atoms with Gasteiger partial charge in [-0.2, -0.15) is 0 Å². The van der Waals surface area contributed by atoms with Gasteiger partial charge in [-0.15, -0.1) is 11.8 Å². The third-order valence-electron chi connectivity index (χ3n) is 4.57. The predicted molar refractivity (Wildman–Crippen MR) is 99.7 cm³/mol. The summed E-state index contributed by atoms with van der Waals surface area (Å²) in [5.41, 5.74) is 1.26. The van der Waals surface area contributed by atoms with Crippen LogP contribution in [-0.2, 0) is 15.5 Å². The van der Waals surface area contributed by atoms with Crippen molar-refractivity contribution in [3.63, 3.8) is 0 Å². The number of hydrogen-bond donors (Lipinski definition) is 1. The number of thioether (sulfide) groups is 1. The molecule has 0 unspecified atom stereocenters. The molecule has 0 bridgehead atoms. The molecule has 1 aromatic carbocycles. The Kier molecular flexibility index (Phi) is 5.33. The highest BCUT2D eigenvalue weighted by Crippen LogP contribution is 2.66. The van der Waals surface area contributed by atoms with Crippen LogP contribution in [0.4, 0.5) is 0 Å². The van der Waals surface area contributed by atoms with Gasteiger partial charge in [0, 0.05) is 5.41 Å². The Labute approximate surface area is 150 Å². The van der Waals surface area contributed by atoms with E-state index in [1.165, 1.54) is 5.56 Å². The van der Waals surface area contributed by atoms with Crippen LogP contribution in [0.3, 0.4) is 0 Å². The molecule has 0 aromatic heterocycles. The molecule has 0 aliphatic carbocycles. The van der Waals surface area contributed by atoms with Gasteiger partial charge < -0.3 is 4.89 Å². The molecule has 0 amide bonds. The third kappa shape index (κ3) is 4.14. The van der Waals surface area contributed by atoms with Crippen LogP contribution in [-0.4, -0.2) is 29.1 Å². The molecule has 2 aliphatic heterocycles. The normalized spacial score (nSPS) is 31.0. The summed E-state index contributed by atoms with van der Waals surface area (Å²) < 4.78 is 11.4. The SMILES string of the molecule is CC1(C)CO[P+]([O-])([C@H]2N[C@H](CCc3ccccc3)SC2(C)C)OC1. The second-order valence-electron chi connectivity index (χ2n) is 8.05. The van der Waals surface area contributed by atoms with Gasteiger partial charge in [0.25, 0.3) is 7.94 Å². The monoisotopic (exact) mass is 369 g/mol. The lowest BCUT2D eigenvalue weighted by atomic mass is 9.97. The number of nitrogens with one attached hydrogen (secondary N) is 1. The van der Waals surface area contributed by atoms with E-state index in [9.17, 15) is 4.89 Å². The molecular weight excluding hydrogens is 341 g/mol. The average molecular weight is 369 g/mol. The molecule has 4 nitrogen and oxygen atoms in total. The molecule has 6 heteroatoms. The van der Waals surface area contributed by atoms with Crippen molar-refractivity contribution >= 4 is 19.7 Å². The molecule has 1 aromatic rings. The van der Waals surface area contributed by atoms with Crippen LogP contribution < -0.4 is 10.2 Å². The Balaban J connectivity index is 1.63. The molecule has 3 rings (SSSR count). The largest absolute Gasteiger partial charge is 0.630 e. The minimum absolute atomic E-state index is 0.0729. The Bertz CT molecular complexity index is 557. The van der Waals surface area contributed by atoms with Gasteiger partial charge >= 0.3 is 0 Å². The Morgan fingerprint density at radius 1 is 1.17 bits per heavy atom. The van der Waals surface area contributed by atoms with Crippen molar-refractivity contribution in [2.45, 2.75) is 56.4 Å². The maximum atomic E-state index is 13.2. The smallest absolute Gasteiger partial charge is 0.256 e. The van der Waals surface area contributed by atoms with Gasteiger partial charge in [0.2, 0.25) is 0 Å². The minimum atomic E-state index is -3.13. The standard InChI is InChI=1S/C18H28NO3PS/c1-17(2)12-21-23(20,22-13-17)16-18(3,4)24-15(19-16)11-10-14-8-6-5-7-9-14/h5-9,15-16,19H,10-13H2,1-4H3/t15-,16+/m0/s1. The van der Waals surface area contributed by atoms with Crippen LogP contribution in [0.25, 0.3) is 0 Å². The van der Waals surface area contributed by atoms with Gasteiger partial charge in [0.1, 0.15) is 13.2 Å². The summed E-state index contributed by atoms with van der Waals surface area (Å²) in [6, 6.07) is 10.5. The summed E-state index contributed by atoms with van der Waals surface area (Å²) in [6.07, 6.45) is 2.01. The van der Waals surface area contributed by atoms with Crippen molar-refractivity contribution < 1.29 is 13.9 Å². The molecule has 24 heavy (non-hydrogen) atoms. The van der Waals surface area contributed by atoms with Crippen molar-refractivity contribution in [3.8, 4) is 0 Å². The maximum absolute atomic E-state index is 13.2. The van der Waals surface area contributed by atoms with Crippen LogP contribution in [0.1, 0.15) is 39.7 Å². The fourth-order valence-electron chi connectivity index (χ4n) is 3.16. The van der Waals surface area contributed by atoms with Gasteiger partial charge in [-0.05, 0) is 32.3 Å². The van der Waals surface area contributed by atoms with E-state index in [4.69, 9.17) is 9.05 Å². The van der Waals surface area contributed by atoms with Gasteiger partial charge in [0.05, 0.1) is 10.1 Å². The molecule has 2 aliphatic rings. The zero-order valence-electron chi connectivity index (χ0n) is 15.0. The molecule has 0 radical (unpaired) electrons. The molecule has 1 N–H and O–H groups in total. The van der Waals surface area contributed by atoms with Gasteiger partial charge in [-0.3, -0.25) is 5.32 Å². The maximum Gasteiger partial charge on any atom is 0.256 e. The van der Waals surface area contributed by atoms with E-state index in [-0.39, 0.29) is 21.3 Å². The van der Waals surface area contributed by atoms with E-state index in [1.54, 1.807) is 0 Å². The van der Waals surface area contributed by atoms with E-state index in [1.807, 2.05) is 17.8 Å². The summed E-state index contributed by atoms with van der Waals surface area (Å²) in [7, 11) is -3.13. The lowest BCUT2D eigenvalue weighted by Crippen LogP contribution is -2.49. The zero-order valence-corrected chi connectivity index (χ0v) is 16.7. The first-order valence-corrected chi connectivity index (χ1v) is 11.1. The first kappa shape index (κ1) is 18.6. The molecule has 2 saturated heterocycles. The second kappa shape index (κ2) is 6.86.